The zero-order chi connectivity index (χ0) is 12.3. The SMILES string of the molecule is CCCCCCCCCC/C=C/P(=O)(O)O. The molecule has 0 aliphatic rings. The maximum Gasteiger partial charge on any atom is 0.348 e. The van der Waals surface area contributed by atoms with Crippen LogP contribution in [0.3, 0.4) is 0 Å². The van der Waals surface area contributed by atoms with Crippen molar-refractivity contribution in [3.63, 3.8) is 0 Å². The Kier molecular flexibility index (Phi) is 10.0. The zero-order valence-corrected chi connectivity index (χ0v) is 11.2. The summed E-state index contributed by atoms with van der Waals surface area (Å²) in [6.45, 7) is 2.22. The lowest BCUT2D eigenvalue weighted by Crippen LogP contribution is -1.80. The van der Waals surface area contributed by atoms with E-state index in [9.17, 15) is 4.57 Å². The second-order valence-electron chi connectivity index (χ2n) is 4.24. The fourth-order valence-electron chi connectivity index (χ4n) is 1.61. The van der Waals surface area contributed by atoms with Gasteiger partial charge in [-0.2, -0.15) is 0 Å². The van der Waals surface area contributed by atoms with E-state index in [0.717, 1.165) is 25.1 Å². The Balaban J connectivity index is 3.16. The van der Waals surface area contributed by atoms with Gasteiger partial charge in [0.05, 0.1) is 0 Å². The first-order valence-corrected chi connectivity index (χ1v) is 7.97. The monoisotopic (exact) mass is 248 g/mol. The number of allylic oxidation sites excluding steroid dienone is 1. The highest BCUT2D eigenvalue weighted by molar-refractivity contribution is 7.55. The molecule has 16 heavy (non-hydrogen) atoms. The van der Waals surface area contributed by atoms with E-state index < -0.39 is 7.60 Å². The van der Waals surface area contributed by atoms with Crippen LogP contribution in [0.5, 0.6) is 0 Å². The zero-order valence-electron chi connectivity index (χ0n) is 10.3. The van der Waals surface area contributed by atoms with Gasteiger partial charge in [-0.05, 0) is 12.8 Å². The molecule has 0 aliphatic heterocycles. The molecular weight excluding hydrogens is 223 g/mol. The summed E-state index contributed by atoms with van der Waals surface area (Å²) in [4.78, 5) is 17.1. The van der Waals surface area contributed by atoms with Gasteiger partial charge in [-0.3, -0.25) is 4.57 Å². The summed E-state index contributed by atoms with van der Waals surface area (Å²) in [5.41, 5.74) is 0. The van der Waals surface area contributed by atoms with Gasteiger partial charge in [-0.1, -0.05) is 57.9 Å². The highest BCUT2D eigenvalue weighted by atomic mass is 31.2. The molecule has 0 rings (SSSR count). The quantitative estimate of drug-likeness (QED) is 0.450. The van der Waals surface area contributed by atoms with Crippen molar-refractivity contribution in [2.24, 2.45) is 0 Å². The molecule has 0 saturated carbocycles. The van der Waals surface area contributed by atoms with Gasteiger partial charge in [-0.15, -0.1) is 0 Å². The average Bonchev–Trinajstić information content (AvgIpc) is 2.19. The van der Waals surface area contributed by atoms with E-state index in [-0.39, 0.29) is 0 Å². The van der Waals surface area contributed by atoms with Crippen LogP contribution in [0.4, 0.5) is 0 Å². The topological polar surface area (TPSA) is 57.5 Å². The second-order valence-corrected chi connectivity index (χ2v) is 5.71. The van der Waals surface area contributed by atoms with Crippen molar-refractivity contribution < 1.29 is 14.4 Å². The van der Waals surface area contributed by atoms with E-state index in [4.69, 9.17) is 9.79 Å². The molecule has 4 heteroatoms. The minimum atomic E-state index is -3.92. The first kappa shape index (κ1) is 15.9. The van der Waals surface area contributed by atoms with Gasteiger partial charge in [0, 0.05) is 5.82 Å². The molecule has 0 aliphatic carbocycles. The maximum atomic E-state index is 10.5. The third-order valence-corrected chi connectivity index (χ3v) is 3.12. The molecule has 0 bridgehead atoms. The van der Waals surface area contributed by atoms with Crippen LogP contribution in [0.2, 0.25) is 0 Å². The van der Waals surface area contributed by atoms with E-state index in [1.165, 1.54) is 38.5 Å². The Morgan fingerprint density at radius 2 is 1.44 bits per heavy atom. The van der Waals surface area contributed by atoms with E-state index in [1.807, 2.05) is 0 Å². The Morgan fingerprint density at radius 3 is 1.94 bits per heavy atom. The molecule has 96 valence electrons. The Labute approximate surface area is 99.1 Å². The molecule has 0 unspecified atom stereocenters. The summed E-state index contributed by atoms with van der Waals surface area (Å²) in [6, 6.07) is 0. The molecule has 2 N–H and O–H groups in total. The average molecular weight is 248 g/mol. The number of unbranched alkanes of at least 4 members (excludes halogenated alkanes) is 8. The van der Waals surface area contributed by atoms with Crippen LogP contribution < -0.4 is 0 Å². The van der Waals surface area contributed by atoms with Gasteiger partial charge in [0.2, 0.25) is 0 Å². The van der Waals surface area contributed by atoms with Crippen molar-refractivity contribution in [3.05, 3.63) is 11.9 Å². The summed E-state index contributed by atoms with van der Waals surface area (Å²) >= 11 is 0. The Morgan fingerprint density at radius 1 is 0.938 bits per heavy atom. The van der Waals surface area contributed by atoms with Gasteiger partial charge >= 0.3 is 7.60 Å². The molecule has 3 nitrogen and oxygen atoms in total. The fraction of sp³-hybridized carbons (Fsp3) is 0.833. The summed E-state index contributed by atoms with van der Waals surface area (Å²) < 4.78 is 10.5. The van der Waals surface area contributed by atoms with Crippen LogP contribution in [0.15, 0.2) is 11.9 Å². The van der Waals surface area contributed by atoms with Crippen LogP contribution in [0.1, 0.15) is 64.7 Å². The van der Waals surface area contributed by atoms with Gasteiger partial charge in [0.25, 0.3) is 0 Å². The van der Waals surface area contributed by atoms with Crippen molar-refractivity contribution in [3.8, 4) is 0 Å². The lowest BCUT2D eigenvalue weighted by Gasteiger charge is -2.00. The minimum Gasteiger partial charge on any atom is -0.321 e. The summed E-state index contributed by atoms with van der Waals surface area (Å²) in [5.74, 6) is 1.01. The molecule has 0 radical (unpaired) electrons. The first-order valence-electron chi connectivity index (χ1n) is 6.29. The summed E-state index contributed by atoms with van der Waals surface area (Å²) in [5, 5.41) is 0. The van der Waals surface area contributed by atoms with E-state index >= 15 is 0 Å². The highest BCUT2D eigenvalue weighted by Gasteiger charge is 2.03. The third kappa shape index (κ3) is 13.9. The van der Waals surface area contributed by atoms with Crippen molar-refractivity contribution >= 4 is 7.60 Å². The number of hydrogen-bond acceptors (Lipinski definition) is 1. The summed E-state index contributed by atoms with van der Waals surface area (Å²) in [7, 11) is -3.92. The smallest absolute Gasteiger partial charge is 0.321 e. The van der Waals surface area contributed by atoms with Crippen LogP contribution in [-0.4, -0.2) is 9.79 Å². The van der Waals surface area contributed by atoms with Gasteiger partial charge in [0.15, 0.2) is 0 Å². The largest absolute Gasteiger partial charge is 0.348 e. The number of hydrogen-bond donors (Lipinski definition) is 2. The predicted molar refractivity (Wildman–Crippen MR) is 68.4 cm³/mol. The Hall–Kier alpha value is -0.110. The van der Waals surface area contributed by atoms with Crippen molar-refractivity contribution in [1.29, 1.82) is 0 Å². The Bertz CT molecular complexity index is 220. The van der Waals surface area contributed by atoms with Crippen LogP contribution >= 0.6 is 7.60 Å². The predicted octanol–water partition coefficient (Wildman–Crippen LogP) is 4.21. The van der Waals surface area contributed by atoms with Gasteiger partial charge in [-0.25, -0.2) is 0 Å². The molecule has 0 amide bonds. The molecule has 0 atom stereocenters. The standard InChI is InChI=1S/C12H25O3P/c1-2-3-4-5-6-7-8-9-10-11-12-16(13,14)15/h11-12H,2-10H2,1H3,(H2,13,14,15)/b12-11+. The maximum absolute atomic E-state index is 10.5. The van der Waals surface area contributed by atoms with E-state index in [1.54, 1.807) is 6.08 Å². The lowest BCUT2D eigenvalue weighted by atomic mass is 10.1. The normalized spacial score (nSPS) is 12.4. The molecule has 0 aromatic rings. The molecule has 0 fully saturated rings. The molecule has 0 spiro atoms. The van der Waals surface area contributed by atoms with Crippen molar-refractivity contribution in [2.75, 3.05) is 0 Å². The fourth-order valence-corrected chi connectivity index (χ4v) is 2.03. The first-order chi connectivity index (χ1) is 7.56. The lowest BCUT2D eigenvalue weighted by molar-refractivity contribution is 0.386. The van der Waals surface area contributed by atoms with E-state index in [0.29, 0.717) is 0 Å². The molecule has 0 saturated heterocycles. The summed E-state index contributed by atoms with van der Waals surface area (Å²) in [6.07, 6.45) is 12.4. The van der Waals surface area contributed by atoms with Gasteiger partial charge in [0.1, 0.15) is 0 Å². The van der Waals surface area contributed by atoms with Crippen LogP contribution in [0, 0.1) is 0 Å². The van der Waals surface area contributed by atoms with Crippen LogP contribution in [0.25, 0.3) is 0 Å². The number of rotatable bonds is 10. The molecule has 0 heterocycles. The van der Waals surface area contributed by atoms with Crippen LogP contribution in [-0.2, 0) is 4.57 Å². The molecular formula is C12H25O3P. The second kappa shape index (κ2) is 10.1. The van der Waals surface area contributed by atoms with Crippen molar-refractivity contribution in [1.82, 2.24) is 0 Å². The minimum absolute atomic E-state index is 0.778. The highest BCUT2D eigenvalue weighted by Crippen LogP contribution is 2.36. The third-order valence-electron chi connectivity index (χ3n) is 2.52. The van der Waals surface area contributed by atoms with E-state index in [2.05, 4.69) is 6.92 Å². The molecule has 0 aromatic carbocycles. The van der Waals surface area contributed by atoms with Gasteiger partial charge < -0.3 is 9.79 Å². The van der Waals surface area contributed by atoms with Crippen molar-refractivity contribution in [2.45, 2.75) is 64.7 Å². The molecule has 0 aromatic heterocycles.